The average Bonchev–Trinajstić information content (AvgIpc) is 2.36. The fourth-order valence-electron chi connectivity index (χ4n) is 2.47. The fraction of sp³-hybridized carbons (Fsp3) is 0.571. The van der Waals surface area contributed by atoms with Crippen LogP contribution >= 0.6 is 15.9 Å². The van der Waals surface area contributed by atoms with Crippen LogP contribution in [0.25, 0.3) is 0 Å². The molecule has 0 amide bonds. The number of piperazine rings is 1. The summed E-state index contributed by atoms with van der Waals surface area (Å²) in [6.45, 7) is 5.49. The highest BCUT2D eigenvalue weighted by Crippen LogP contribution is 2.25. The van der Waals surface area contributed by atoms with Crippen molar-refractivity contribution in [2.75, 3.05) is 38.2 Å². The standard InChI is InChI=1S/C14H21BrN2O/c1-11-9-12(3-4-14(11)15)17-7-6-16(2)13(10-17)5-8-18/h3-4,9,13,18H,5-8,10H2,1-2H3. The smallest absolute Gasteiger partial charge is 0.0446 e. The molecule has 0 aliphatic carbocycles. The predicted molar refractivity (Wildman–Crippen MR) is 79.2 cm³/mol. The van der Waals surface area contributed by atoms with Crippen molar-refractivity contribution >= 4 is 21.6 Å². The molecule has 18 heavy (non-hydrogen) atoms. The summed E-state index contributed by atoms with van der Waals surface area (Å²) < 4.78 is 1.16. The van der Waals surface area contributed by atoms with Crippen molar-refractivity contribution in [1.29, 1.82) is 0 Å². The number of hydrogen-bond acceptors (Lipinski definition) is 3. The molecule has 1 aliphatic rings. The second-order valence-electron chi connectivity index (χ2n) is 5.03. The third-order valence-electron chi connectivity index (χ3n) is 3.75. The Morgan fingerprint density at radius 2 is 2.17 bits per heavy atom. The van der Waals surface area contributed by atoms with Crippen molar-refractivity contribution in [3.8, 4) is 0 Å². The van der Waals surface area contributed by atoms with E-state index < -0.39 is 0 Å². The maximum atomic E-state index is 9.12. The normalized spacial score (nSPS) is 21.3. The number of halogens is 1. The van der Waals surface area contributed by atoms with Gasteiger partial charge in [0.25, 0.3) is 0 Å². The fourth-order valence-corrected chi connectivity index (χ4v) is 2.71. The Hall–Kier alpha value is -0.580. The van der Waals surface area contributed by atoms with Gasteiger partial charge in [0, 0.05) is 42.4 Å². The molecule has 1 aromatic rings. The summed E-state index contributed by atoms with van der Waals surface area (Å²) in [5.41, 5.74) is 2.55. The van der Waals surface area contributed by atoms with Crippen LogP contribution < -0.4 is 4.90 Å². The van der Waals surface area contributed by atoms with Crippen molar-refractivity contribution in [1.82, 2.24) is 4.90 Å². The molecule has 4 heteroatoms. The molecule has 0 radical (unpaired) electrons. The van der Waals surface area contributed by atoms with Gasteiger partial charge in [0.15, 0.2) is 0 Å². The van der Waals surface area contributed by atoms with Gasteiger partial charge in [0.05, 0.1) is 0 Å². The molecule has 1 N–H and O–H groups in total. The van der Waals surface area contributed by atoms with E-state index in [1.54, 1.807) is 0 Å². The summed E-state index contributed by atoms with van der Waals surface area (Å²) in [6.07, 6.45) is 0.850. The Kier molecular flexibility index (Phi) is 4.65. The summed E-state index contributed by atoms with van der Waals surface area (Å²) in [5, 5.41) is 9.12. The molecule has 0 saturated carbocycles. The molecule has 3 nitrogen and oxygen atoms in total. The maximum absolute atomic E-state index is 9.12. The Morgan fingerprint density at radius 1 is 1.39 bits per heavy atom. The molecular weight excluding hydrogens is 292 g/mol. The van der Waals surface area contributed by atoms with Crippen LogP contribution in [0.15, 0.2) is 22.7 Å². The van der Waals surface area contributed by atoms with Gasteiger partial charge in [0.2, 0.25) is 0 Å². The molecule has 1 heterocycles. The molecule has 1 fully saturated rings. The van der Waals surface area contributed by atoms with Gasteiger partial charge in [-0.3, -0.25) is 4.90 Å². The highest BCUT2D eigenvalue weighted by Gasteiger charge is 2.24. The molecule has 0 bridgehead atoms. The minimum atomic E-state index is 0.266. The average molecular weight is 313 g/mol. The van der Waals surface area contributed by atoms with Crippen LogP contribution in [0, 0.1) is 6.92 Å². The largest absolute Gasteiger partial charge is 0.396 e. The number of nitrogens with zero attached hydrogens (tertiary/aromatic N) is 2. The van der Waals surface area contributed by atoms with E-state index in [0.29, 0.717) is 6.04 Å². The van der Waals surface area contributed by atoms with Crippen LogP contribution in [0.3, 0.4) is 0 Å². The van der Waals surface area contributed by atoms with Crippen LogP contribution in [0.2, 0.25) is 0 Å². The summed E-state index contributed by atoms with van der Waals surface area (Å²) in [7, 11) is 2.14. The zero-order valence-corrected chi connectivity index (χ0v) is 12.7. The van der Waals surface area contributed by atoms with Crippen molar-refractivity contribution in [3.63, 3.8) is 0 Å². The number of aryl methyl sites for hydroxylation is 1. The minimum Gasteiger partial charge on any atom is -0.396 e. The molecule has 0 spiro atoms. The SMILES string of the molecule is Cc1cc(N2CCN(C)C(CCO)C2)ccc1Br. The number of aliphatic hydroxyl groups excluding tert-OH is 1. The number of likely N-dealkylation sites (N-methyl/N-ethyl adjacent to an activating group) is 1. The molecule has 100 valence electrons. The van der Waals surface area contributed by atoms with E-state index >= 15 is 0 Å². The van der Waals surface area contributed by atoms with Crippen LogP contribution in [0.1, 0.15) is 12.0 Å². The molecule has 1 aromatic carbocycles. The van der Waals surface area contributed by atoms with E-state index in [-0.39, 0.29) is 6.61 Å². The Morgan fingerprint density at radius 3 is 2.83 bits per heavy atom. The zero-order valence-electron chi connectivity index (χ0n) is 11.1. The Labute approximate surface area is 118 Å². The quantitative estimate of drug-likeness (QED) is 0.927. The zero-order chi connectivity index (χ0) is 13.1. The number of hydrogen-bond donors (Lipinski definition) is 1. The predicted octanol–water partition coefficient (Wildman–Crippen LogP) is 2.26. The van der Waals surface area contributed by atoms with Gasteiger partial charge in [-0.25, -0.2) is 0 Å². The van der Waals surface area contributed by atoms with E-state index in [1.807, 2.05) is 0 Å². The van der Waals surface area contributed by atoms with E-state index in [4.69, 9.17) is 5.11 Å². The first kappa shape index (κ1) is 13.8. The number of rotatable bonds is 3. The van der Waals surface area contributed by atoms with Crippen molar-refractivity contribution < 1.29 is 5.11 Å². The van der Waals surface area contributed by atoms with Gasteiger partial charge in [-0.15, -0.1) is 0 Å². The molecule has 1 unspecified atom stereocenters. The van der Waals surface area contributed by atoms with Gasteiger partial charge in [-0.05, 0) is 44.2 Å². The van der Waals surface area contributed by atoms with Crippen LogP contribution in [-0.4, -0.2) is 49.3 Å². The molecule has 0 aromatic heterocycles. The third kappa shape index (κ3) is 3.05. The van der Waals surface area contributed by atoms with Gasteiger partial charge < -0.3 is 10.0 Å². The van der Waals surface area contributed by atoms with Gasteiger partial charge in [-0.1, -0.05) is 15.9 Å². The lowest BCUT2D eigenvalue weighted by Crippen LogP contribution is -2.51. The van der Waals surface area contributed by atoms with E-state index in [1.165, 1.54) is 11.3 Å². The van der Waals surface area contributed by atoms with Gasteiger partial charge in [-0.2, -0.15) is 0 Å². The minimum absolute atomic E-state index is 0.266. The number of benzene rings is 1. The van der Waals surface area contributed by atoms with Crippen molar-refractivity contribution in [2.45, 2.75) is 19.4 Å². The van der Waals surface area contributed by atoms with Crippen LogP contribution in [-0.2, 0) is 0 Å². The summed E-state index contributed by atoms with van der Waals surface area (Å²) in [5.74, 6) is 0. The number of anilines is 1. The first-order chi connectivity index (χ1) is 8.61. The van der Waals surface area contributed by atoms with Gasteiger partial charge >= 0.3 is 0 Å². The lowest BCUT2D eigenvalue weighted by molar-refractivity contribution is 0.171. The summed E-state index contributed by atoms with van der Waals surface area (Å²) >= 11 is 3.54. The monoisotopic (exact) mass is 312 g/mol. The second kappa shape index (κ2) is 6.04. The molecule has 2 rings (SSSR count). The first-order valence-corrected chi connectivity index (χ1v) is 7.23. The topological polar surface area (TPSA) is 26.7 Å². The molecular formula is C14H21BrN2O. The summed E-state index contributed by atoms with van der Waals surface area (Å²) in [4.78, 5) is 4.76. The van der Waals surface area contributed by atoms with E-state index in [2.05, 4.69) is 57.9 Å². The van der Waals surface area contributed by atoms with E-state index in [0.717, 1.165) is 30.5 Å². The number of aliphatic hydroxyl groups is 1. The van der Waals surface area contributed by atoms with Gasteiger partial charge in [0.1, 0.15) is 0 Å². The molecule has 1 aliphatic heterocycles. The highest BCUT2D eigenvalue weighted by molar-refractivity contribution is 9.10. The lowest BCUT2D eigenvalue weighted by atomic mass is 10.1. The lowest BCUT2D eigenvalue weighted by Gasteiger charge is -2.40. The Bertz CT molecular complexity index is 411. The Balaban J connectivity index is 2.11. The third-order valence-corrected chi connectivity index (χ3v) is 4.64. The highest BCUT2D eigenvalue weighted by atomic mass is 79.9. The maximum Gasteiger partial charge on any atom is 0.0446 e. The van der Waals surface area contributed by atoms with Crippen molar-refractivity contribution in [3.05, 3.63) is 28.2 Å². The molecule has 1 atom stereocenters. The second-order valence-corrected chi connectivity index (χ2v) is 5.88. The summed E-state index contributed by atoms with van der Waals surface area (Å²) in [6, 6.07) is 6.96. The van der Waals surface area contributed by atoms with Crippen LogP contribution in [0.5, 0.6) is 0 Å². The van der Waals surface area contributed by atoms with Crippen molar-refractivity contribution in [2.24, 2.45) is 0 Å². The van der Waals surface area contributed by atoms with Crippen LogP contribution in [0.4, 0.5) is 5.69 Å². The first-order valence-electron chi connectivity index (χ1n) is 6.44. The van der Waals surface area contributed by atoms with E-state index in [9.17, 15) is 0 Å². The molecule has 1 saturated heterocycles.